The summed E-state index contributed by atoms with van der Waals surface area (Å²) >= 11 is 0. The Hall–Kier alpha value is -2.76. The molecule has 2 rings (SSSR count). The summed E-state index contributed by atoms with van der Waals surface area (Å²) in [6, 6.07) is 14.1. The van der Waals surface area contributed by atoms with Crippen LogP contribution in [0.3, 0.4) is 0 Å². The molecule has 0 aliphatic rings. The first kappa shape index (κ1) is 17.6. The highest BCUT2D eigenvalue weighted by Crippen LogP contribution is 2.31. The van der Waals surface area contributed by atoms with E-state index in [0.29, 0.717) is 24.7 Å². The Morgan fingerprint density at radius 2 is 1.62 bits per heavy atom. The molecule has 0 aliphatic carbocycles. The van der Waals surface area contributed by atoms with Gasteiger partial charge < -0.3 is 14.2 Å². The van der Waals surface area contributed by atoms with Crippen molar-refractivity contribution in [3.05, 3.63) is 58.6 Å². The molecule has 0 fully saturated rings. The number of nitro groups is 1. The number of methoxy groups -OCH3 is 1. The summed E-state index contributed by atoms with van der Waals surface area (Å²) in [5.74, 6) is 1.77. The Labute approximate surface area is 141 Å². The topological polar surface area (TPSA) is 70.8 Å². The molecule has 24 heavy (non-hydrogen) atoms. The van der Waals surface area contributed by atoms with Crippen LogP contribution in [0.2, 0.25) is 0 Å². The van der Waals surface area contributed by atoms with Crippen LogP contribution in [0.5, 0.6) is 17.2 Å². The molecule has 6 nitrogen and oxygen atoms in total. The lowest BCUT2D eigenvalue weighted by Crippen LogP contribution is -2.02. The molecule has 0 unspecified atom stereocenters. The summed E-state index contributed by atoms with van der Waals surface area (Å²) in [5.41, 5.74) is -0.0164. The molecule has 0 spiro atoms. The maximum Gasteiger partial charge on any atom is 0.273 e. The van der Waals surface area contributed by atoms with Crippen molar-refractivity contribution in [2.24, 2.45) is 0 Å². The first-order valence-corrected chi connectivity index (χ1v) is 7.84. The van der Waals surface area contributed by atoms with E-state index in [4.69, 9.17) is 14.2 Å². The fourth-order valence-corrected chi connectivity index (χ4v) is 2.16. The van der Waals surface area contributed by atoms with E-state index in [-0.39, 0.29) is 5.69 Å². The zero-order chi connectivity index (χ0) is 17.2. The number of non-ortho nitro benzene ring substituents is 1. The summed E-state index contributed by atoms with van der Waals surface area (Å²) in [7, 11) is 1.47. The highest BCUT2D eigenvalue weighted by molar-refractivity contribution is 5.48. The van der Waals surface area contributed by atoms with E-state index in [2.05, 4.69) is 0 Å². The van der Waals surface area contributed by atoms with Crippen LogP contribution in [0, 0.1) is 10.1 Å². The van der Waals surface area contributed by atoms with Gasteiger partial charge >= 0.3 is 0 Å². The molecule has 0 radical (unpaired) electrons. The summed E-state index contributed by atoms with van der Waals surface area (Å²) in [4.78, 5) is 10.3. The summed E-state index contributed by atoms with van der Waals surface area (Å²) in [6.07, 6.45) is 2.79. The minimum Gasteiger partial charge on any atom is -0.494 e. The zero-order valence-electron chi connectivity index (χ0n) is 13.6. The first-order chi connectivity index (χ1) is 11.7. The fourth-order valence-electron chi connectivity index (χ4n) is 2.16. The molecular formula is C18H21NO5. The second kappa shape index (κ2) is 9.39. The molecule has 0 atom stereocenters. The van der Waals surface area contributed by atoms with E-state index >= 15 is 0 Å². The van der Waals surface area contributed by atoms with Crippen molar-refractivity contribution in [1.82, 2.24) is 0 Å². The van der Waals surface area contributed by atoms with E-state index in [0.717, 1.165) is 25.0 Å². The highest BCUT2D eigenvalue weighted by Gasteiger charge is 2.12. The van der Waals surface area contributed by atoms with Gasteiger partial charge in [-0.15, -0.1) is 0 Å². The van der Waals surface area contributed by atoms with Gasteiger partial charge in [-0.05, 0) is 37.5 Å². The summed E-state index contributed by atoms with van der Waals surface area (Å²) < 4.78 is 16.4. The first-order valence-electron chi connectivity index (χ1n) is 7.84. The number of para-hydroxylation sites is 1. The number of ether oxygens (including phenoxy) is 3. The van der Waals surface area contributed by atoms with Gasteiger partial charge in [0.05, 0.1) is 31.3 Å². The number of hydrogen-bond acceptors (Lipinski definition) is 5. The van der Waals surface area contributed by atoms with Gasteiger partial charge in [0.1, 0.15) is 5.75 Å². The number of nitro benzene ring substituents is 1. The number of unbranched alkanes of at least 4 members (excludes halogenated alkanes) is 2. The second-order valence-corrected chi connectivity index (χ2v) is 5.16. The lowest BCUT2D eigenvalue weighted by molar-refractivity contribution is -0.384. The van der Waals surface area contributed by atoms with Gasteiger partial charge in [-0.1, -0.05) is 18.2 Å². The molecule has 0 heterocycles. The molecular weight excluding hydrogens is 310 g/mol. The van der Waals surface area contributed by atoms with Crippen LogP contribution in [-0.2, 0) is 0 Å². The molecule has 0 aromatic heterocycles. The van der Waals surface area contributed by atoms with Gasteiger partial charge in [0.2, 0.25) is 0 Å². The molecule has 2 aromatic carbocycles. The molecule has 0 N–H and O–H groups in total. The van der Waals surface area contributed by atoms with Crippen LogP contribution in [0.15, 0.2) is 48.5 Å². The quantitative estimate of drug-likeness (QED) is 0.370. The van der Waals surface area contributed by atoms with Crippen LogP contribution in [0.1, 0.15) is 19.3 Å². The lowest BCUT2D eigenvalue weighted by Gasteiger charge is -2.10. The van der Waals surface area contributed by atoms with Crippen molar-refractivity contribution in [1.29, 1.82) is 0 Å². The fraction of sp³-hybridized carbons (Fsp3) is 0.333. The Balaban J connectivity index is 1.66. The van der Waals surface area contributed by atoms with Crippen molar-refractivity contribution in [2.45, 2.75) is 19.3 Å². The maximum absolute atomic E-state index is 10.7. The van der Waals surface area contributed by atoms with Crippen molar-refractivity contribution in [3.63, 3.8) is 0 Å². The van der Waals surface area contributed by atoms with Crippen LogP contribution < -0.4 is 14.2 Å². The maximum atomic E-state index is 10.7. The minimum atomic E-state index is -0.459. The van der Waals surface area contributed by atoms with Crippen LogP contribution in [0.25, 0.3) is 0 Å². The van der Waals surface area contributed by atoms with Gasteiger partial charge in [-0.2, -0.15) is 0 Å². The van der Waals surface area contributed by atoms with Crippen LogP contribution >= 0.6 is 0 Å². The Kier molecular flexibility index (Phi) is 6.89. The number of benzene rings is 2. The molecule has 128 valence electrons. The average Bonchev–Trinajstić information content (AvgIpc) is 2.61. The largest absolute Gasteiger partial charge is 0.494 e. The SMILES string of the molecule is COc1cc([N+](=O)[O-])ccc1OCCCCCOc1ccccc1. The smallest absolute Gasteiger partial charge is 0.273 e. The minimum absolute atomic E-state index is 0.0164. The van der Waals surface area contributed by atoms with Gasteiger partial charge in [-0.25, -0.2) is 0 Å². The van der Waals surface area contributed by atoms with Gasteiger partial charge in [0.25, 0.3) is 5.69 Å². The monoisotopic (exact) mass is 331 g/mol. The van der Waals surface area contributed by atoms with Crippen LogP contribution in [-0.4, -0.2) is 25.2 Å². The molecule has 6 heteroatoms. The third-order valence-corrected chi connectivity index (χ3v) is 3.42. The standard InChI is InChI=1S/C18H21NO5/c1-22-18-14-15(19(20)21)10-11-17(18)24-13-7-3-6-12-23-16-8-4-2-5-9-16/h2,4-5,8-11,14H,3,6-7,12-13H2,1H3. The third-order valence-electron chi connectivity index (χ3n) is 3.42. The van der Waals surface area contributed by atoms with E-state index in [1.165, 1.54) is 19.2 Å². The molecule has 0 aliphatic heterocycles. The predicted molar refractivity (Wildman–Crippen MR) is 90.9 cm³/mol. The van der Waals surface area contributed by atoms with Crippen molar-refractivity contribution < 1.29 is 19.1 Å². The van der Waals surface area contributed by atoms with E-state index in [1.807, 2.05) is 30.3 Å². The number of hydrogen-bond donors (Lipinski definition) is 0. The molecule has 0 amide bonds. The Morgan fingerprint density at radius 1 is 0.917 bits per heavy atom. The number of rotatable bonds is 10. The van der Waals surface area contributed by atoms with Crippen molar-refractivity contribution in [3.8, 4) is 17.2 Å². The average molecular weight is 331 g/mol. The number of nitrogens with zero attached hydrogens (tertiary/aromatic N) is 1. The van der Waals surface area contributed by atoms with Crippen LogP contribution in [0.4, 0.5) is 5.69 Å². The lowest BCUT2D eigenvalue weighted by atomic mass is 10.2. The van der Waals surface area contributed by atoms with Gasteiger partial charge in [0.15, 0.2) is 11.5 Å². The van der Waals surface area contributed by atoms with Crippen molar-refractivity contribution >= 4 is 5.69 Å². The second-order valence-electron chi connectivity index (χ2n) is 5.16. The molecule has 0 saturated carbocycles. The van der Waals surface area contributed by atoms with Crippen molar-refractivity contribution in [2.75, 3.05) is 20.3 Å². The van der Waals surface area contributed by atoms with E-state index in [9.17, 15) is 10.1 Å². The predicted octanol–water partition coefficient (Wildman–Crippen LogP) is 4.23. The van der Waals surface area contributed by atoms with Gasteiger partial charge in [-0.3, -0.25) is 10.1 Å². The summed E-state index contributed by atoms with van der Waals surface area (Å²) in [5, 5.41) is 10.7. The normalized spacial score (nSPS) is 10.2. The molecule has 2 aromatic rings. The molecule has 0 bridgehead atoms. The Morgan fingerprint density at radius 3 is 2.29 bits per heavy atom. The van der Waals surface area contributed by atoms with Gasteiger partial charge in [0, 0.05) is 6.07 Å². The Bertz CT molecular complexity index is 645. The summed E-state index contributed by atoms with van der Waals surface area (Å²) in [6.45, 7) is 1.20. The third kappa shape index (κ3) is 5.46. The van der Waals surface area contributed by atoms with E-state index in [1.54, 1.807) is 6.07 Å². The van der Waals surface area contributed by atoms with E-state index < -0.39 is 4.92 Å². The highest BCUT2D eigenvalue weighted by atomic mass is 16.6. The molecule has 0 saturated heterocycles. The zero-order valence-corrected chi connectivity index (χ0v) is 13.6.